The summed E-state index contributed by atoms with van der Waals surface area (Å²) in [6, 6.07) is 0. The monoisotopic (exact) mass is 338 g/mol. The van der Waals surface area contributed by atoms with E-state index in [2.05, 4.69) is 9.97 Å². The van der Waals surface area contributed by atoms with E-state index in [1.807, 2.05) is 13.8 Å². The van der Waals surface area contributed by atoms with Crippen molar-refractivity contribution in [2.75, 3.05) is 6.61 Å². The summed E-state index contributed by atoms with van der Waals surface area (Å²) in [6.45, 7) is 5.01. The van der Waals surface area contributed by atoms with Gasteiger partial charge in [0.2, 0.25) is 15.0 Å². The molecule has 0 amide bonds. The van der Waals surface area contributed by atoms with Crippen LogP contribution in [0.4, 0.5) is 0 Å². The number of hydrogen-bond acceptors (Lipinski definition) is 5. The van der Waals surface area contributed by atoms with Gasteiger partial charge in [0, 0.05) is 31.7 Å². The Hall–Kier alpha value is -1.67. The molecule has 3 heterocycles. The Morgan fingerprint density at radius 2 is 2.17 bits per heavy atom. The predicted molar refractivity (Wildman–Crippen MR) is 84.8 cm³/mol. The molecule has 7 nitrogen and oxygen atoms in total. The van der Waals surface area contributed by atoms with Crippen molar-refractivity contribution in [3.05, 3.63) is 29.6 Å². The zero-order chi connectivity index (χ0) is 16.6. The van der Waals surface area contributed by atoms with Crippen LogP contribution in [0.15, 0.2) is 17.6 Å². The number of imidazole rings is 2. The number of hydrogen-bond donors (Lipinski definition) is 0. The van der Waals surface area contributed by atoms with Gasteiger partial charge in [0.15, 0.2) is 0 Å². The Kier molecular flexibility index (Phi) is 4.29. The molecule has 0 radical (unpaired) electrons. The highest BCUT2D eigenvalue weighted by molar-refractivity contribution is 7.90. The highest BCUT2D eigenvalue weighted by Gasteiger charge is 2.28. The average Bonchev–Trinajstić information content (AvgIpc) is 3.19. The largest absolute Gasteiger partial charge is 0.376 e. The lowest BCUT2D eigenvalue weighted by molar-refractivity contribution is 0.0943. The summed E-state index contributed by atoms with van der Waals surface area (Å²) >= 11 is 0. The second kappa shape index (κ2) is 6.09. The van der Waals surface area contributed by atoms with Crippen molar-refractivity contribution < 1.29 is 13.2 Å². The van der Waals surface area contributed by atoms with Gasteiger partial charge in [-0.1, -0.05) is 0 Å². The molecule has 1 saturated heterocycles. The summed E-state index contributed by atoms with van der Waals surface area (Å²) < 4.78 is 34.8. The van der Waals surface area contributed by atoms with Crippen LogP contribution in [0, 0.1) is 13.8 Å². The molecule has 1 fully saturated rings. The molecule has 1 aliphatic heterocycles. The van der Waals surface area contributed by atoms with Crippen LogP contribution in [-0.2, 0) is 33.9 Å². The van der Waals surface area contributed by atoms with Crippen LogP contribution in [0.25, 0.3) is 0 Å². The van der Waals surface area contributed by atoms with Crippen molar-refractivity contribution >= 4 is 9.84 Å². The first-order valence-corrected chi connectivity index (χ1v) is 9.38. The van der Waals surface area contributed by atoms with Crippen LogP contribution < -0.4 is 0 Å². The molecule has 1 atom stereocenters. The first-order valence-electron chi connectivity index (χ1n) is 7.73. The van der Waals surface area contributed by atoms with E-state index in [1.54, 1.807) is 28.6 Å². The molecule has 2 aromatic heterocycles. The first-order chi connectivity index (χ1) is 10.9. The van der Waals surface area contributed by atoms with Crippen molar-refractivity contribution in [3.63, 3.8) is 0 Å². The van der Waals surface area contributed by atoms with Crippen molar-refractivity contribution in [3.8, 4) is 0 Å². The van der Waals surface area contributed by atoms with Crippen molar-refractivity contribution in [2.45, 2.75) is 50.2 Å². The number of nitrogens with zero attached hydrogens (tertiary/aromatic N) is 4. The second-order valence-electron chi connectivity index (χ2n) is 6.02. The Morgan fingerprint density at radius 3 is 2.78 bits per heavy atom. The molecule has 1 aliphatic rings. The van der Waals surface area contributed by atoms with E-state index in [0.717, 1.165) is 30.8 Å². The van der Waals surface area contributed by atoms with Gasteiger partial charge < -0.3 is 13.9 Å². The summed E-state index contributed by atoms with van der Waals surface area (Å²) in [5.74, 6) is 0.352. The molecule has 0 spiro atoms. The first kappa shape index (κ1) is 16.2. The fourth-order valence-corrected chi connectivity index (χ4v) is 4.41. The number of sulfone groups is 1. The van der Waals surface area contributed by atoms with Crippen LogP contribution in [0.3, 0.4) is 0 Å². The lowest BCUT2D eigenvalue weighted by atomic mass is 10.2. The maximum Gasteiger partial charge on any atom is 0.228 e. The van der Waals surface area contributed by atoms with Gasteiger partial charge in [-0.3, -0.25) is 0 Å². The Bertz CT molecular complexity index is 801. The quantitative estimate of drug-likeness (QED) is 0.823. The zero-order valence-electron chi connectivity index (χ0n) is 13.7. The van der Waals surface area contributed by atoms with E-state index in [0.29, 0.717) is 12.4 Å². The molecule has 23 heavy (non-hydrogen) atoms. The van der Waals surface area contributed by atoms with Gasteiger partial charge in [-0.25, -0.2) is 18.4 Å². The average molecular weight is 338 g/mol. The molecule has 8 heteroatoms. The highest BCUT2D eigenvalue weighted by atomic mass is 32.2. The summed E-state index contributed by atoms with van der Waals surface area (Å²) in [7, 11) is -1.78. The minimum absolute atomic E-state index is 0.0596. The minimum Gasteiger partial charge on any atom is -0.376 e. The Balaban J connectivity index is 1.94. The van der Waals surface area contributed by atoms with E-state index in [1.165, 1.54) is 0 Å². The molecule has 0 aromatic carbocycles. The van der Waals surface area contributed by atoms with Crippen molar-refractivity contribution in [2.24, 2.45) is 7.05 Å². The lowest BCUT2D eigenvalue weighted by Gasteiger charge is -2.15. The van der Waals surface area contributed by atoms with E-state index in [9.17, 15) is 8.42 Å². The van der Waals surface area contributed by atoms with Gasteiger partial charge in [-0.2, -0.15) is 0 Å². The number of aryl methyl sites for hydroxylation is 2. The van der Waals surface area contributed by atoms with Crippen molar-refractivity contribution in [1.82, 2.24) is 19.1 Å². The smallest absolute Gasteiger partial charge is 0.228 e. The third-order valence-corrected chi connectivity index (χ3v) is 5.86. The Morgan fingerprint density at radius 1 is 1.39 bits per heavy atom. The molecule has 3 rings (SSSR count). The summed E-state index contributed by atoms with van der Waals surface area (Å²) in [5, 5.41) is 0.117. The topological polar surface area (TPSA) is 79.0 Å². The molecule has 126 valence electrons. The molecule has 0 unspecified atom stereocenters. The SMILES string of the molecule is Cc1nc(S(=O)(=O)Cc2nccn2C)n(C[C@@H]2CCCO2)c1C. The minimum atomic E-state index is -3.57. The standard InChI is InChI=1S/C15H22N4O3S/c1-11-12(2)19(9-13-5-4-8-22-13)15(17-11)23(20,21)10-14-16-6-7-18(14)3/h6-7,13H,4-5,8-10H2,1-3H3/t13-/m0/s1. The fourth-order valence-electron chi connectivity index (χ4n) is 2.84. The van der Waals surface area contributed by atoms with Gasteiger partial charge in [0.05, 0.1) is 18.3 Å². The van der Waals surface area contributed by atoms with E-state index in [-0.39, 0.29) is 17.0 Å². The zero-order valence-corrected chi connectivity index (χ0v) is 14.5. The van der Waals surface area contributed by atoms with Gasteiger partial charge >= 0.3 is 0 Å². The van der Waals surface area contributed by atoms with Crippen LogP contribution in [0.2, 0.25) is 0 Å². The van der Waals surface area contributed by atoms with E-state index in [4.69, 9.17) is 4.74 Å². The Labute approximate surface area is 136 Å². The maximum atomic E-state index is 12.8. The number of ether oxygens (including phenoxy) is 1. The second-order valence-corrected chi connectivity index (χ2v) is 7.91. The van der Waals surface area contributed by atoms with Gasteiger partial charge in [-0.05, 0) is 26.7 Å². The molecule has 0 saturated carbocycles. The van der Waals surface area contributed by atoms with Gasteiger partial charge in [-0.15, -0.1) is 0 Å². The van der Waals surface area contributed by atoms with Crippen LogP contribution >= 0.6 is 0 Å². The normalized spacial score (nSPS) is 18.7. The highest BCUT2D eigenvalue weighted by Crippen LogP contribution is 2.22. The van der Waals surface area contributed by atoms with Gasteiger partial charge in [0.25, 0.3) is 0 Å². The van der Waals surface area contributed by atoms with E-state index < -0.39 is 9.84 Å². The van der Waals surface area contributed by atoms with Crippen LogP contribution in [0.5, 0.6) is 0 Å². The summed E-state index contributed by atoms with van der Waals surface area (Å²) in [6.07, 6.45) is 5.37. The molecular formula is C15H22N4O3S. The third-order valence-electron chi connectivity index (χ3n) is 4.35. The number of rotatable bonds is 5. The predicted octanol–water partition coefficient (Wildman–Crippen LogP) is 1.39. The molecule has 0 N–H and O–H groups in total. The fraction of sp³-hybridized carbons (Fsp3) is 0.600. The maximum absolute atomic E-state index is 12.8. The molecule has 0 bridgehead atoms. The molecule has 2 aromatic rings. The van der Waals surface area contributed by atoms with Crippen molar-refractivity contribution in [1.29, 1.82) is 0 Å². The van der Waals surface area contributed by atoms with Crippen LogP contribution in [0.1, 0.15) is 30.1 Å². The summed E-state index contributed by atoms with van der Waals surface area (Å²) in [4.78, 5) is 8.43. The summed E-state index contributed by atoms with van der Waals surface area (Å²) in [5.41, 5.74) is 1.61. The number of aromatic nitrogens is 4. The molecule has 0 aliphatic carbocycles. The van der Waals surface area contributed by atoms with E-state index >= 15 is 0 Å². The lowest BCUT2D eigenvalue weighted by Crippen LogP contribution is -2.21. The van der Waals surface area contributed by atoms with Gasteiger partial charge in [0.1, 0.15) is 11.6 Å². The molecular weight excluding hydrogens is 316 g/mol. The van der Waals surface area contributed by atoms with Crippen LogP contribution in [-0.4, -0.2) is 40.2 Å². The third kappa shape index (κ3) is 3.18.